The van der Waals surface area contributed by atoms with Crippen molar-refractivity contribution in [2.24, 2.45) is 0 Å². The largest absolute Gasteiger partial charge is 0.462 e. The molecular weight excluding hydrogens is 805 g/mol. The zero-order valence-electron chi connectivity index (χ0n) is 43.0. The van der Waals surface area contributed by atoms with Crippen LogP contribution in [0.3, 0.4) is 0 Å². The van der Waals surface area contributed by atoms with Crippen LogP contribution in [0.15, 0.2) is 60.8 Å². The first-order valence-electron chi connectivity index (χ1n) is 27.8. The molecule has 0 fully saturated rings. The van der Waals surface area contributed by atoms with E-state index in [4.69, 9.17) is 14.2 Å². The molecule has 6 heteroatoms. The lowest BCUT2D eigenvalue weighted by molar-refractivity contribution is -0.167. The first kappa shape index (κ1) is 62.1. The maximum Gasteiger partial charge on any atom is 0.306 e. The second-order valence-electron chi connectivity index (χ2n) is 18.5. The van der Waals surface area contributed by atoms with Gasteiger partial charge in [0, 0.05) is 19.3 Å². The van der Waals surface area contributed by atoms with Gasteiger partial charge in [-0.1, -0.05) is 236 Å². The molecule has 0 N–H and O–H groups in total. The lowest BCUT2D eigenvalue weighted by Gasteiger charge is -2.18. The van der Waals surface area contributed by atoms with Crippen LogP contribution in [0.5, 0.6) is 0 Å². The minimum atomic E-state index is -0.798. The number of allylic oxidation sites excluding steroid dienone is 10. The van der Waals surface area contributed by atoms with Crippen molar-refractivity contribution >= 4 is 17.9 Å². The van der Waals surface area contributed by atoms with Crippen molar-refractivity contribution in [3.05, 3.63) is 60.8 Å². The Morgan fingerprint density at radius 3 is 0.969 bits per heavy atom. The van der Waals surface area contributed by atoms with E-state index in [1.807, 2.05) is 0 Å². The summed E-state index contributed by atoms with van der Waals surface area (Å²) < 4.78 is 16.8. The summed E-state index contributed by atoms with van der Waals surface area (Å²) in [5, 5.41) is 0. The number of carbonyl (C=O) groups is 3. The van der Waals surface area contributed by atoms with Gasteiger partial charge in [-0.3, -0.25) is 14.4 Å². The molecule has 0 radical (unpaired) electrons. The number of rotatable bonds is 50. The standard InChI is InChI=1S/C59H104O6/c1-4-7-10-13-16-19-22-25-28-30-32-34-37-40-43-46-49-52-58(61)64-55-56(54-63-57(60)51-48-45-42-39-36-33-27-24-21-18-15-12-9-6-3)65-59(62)53-50-47-44-41-38-35-31-29-26-23-20-17-14-11-8-5-2/h16,19,25,28-29,31-32,34,40,43,56H,4-15,17-18,20-24,26-27,30,33,35-39,41-42,44-55H2,1-3H3/b19-16-,28-25-,31-29-,34-32-,43-40-/t56-/m1/s1. The minimum absolute atomic E-state index is 0.0921. The zero-order valence-corrected chi connectivity index (χ0v) is 43.0. The summed E-state index contributed by atoms with van der Waals surface area (Å²) in [6, 6.07) is 0. The van der Waals surface area contributed by atoms with Crippen LogP contribution in [-0.2, 0) is 28.6 Å². The van der Waals surface area contributed by atoms with Crippen LogP contribution in [0.2, 0.25) is 0 Å². The topological polar surface area (TPSA) is 78.9 Å². The van der Waals surface area contributed by atoms with Crippen LogP contribution in [0.1, 0.15) is 278 Å². The van der Waals surface area contributed by atoms with Gasteiger partial charge in [-0.2, -0.15) is 0 Å². The fourth-order valence-electron chi connectivity index (χ4n) is 7.78. The molecule has 0 spiro atoms. The van der Waals surface area contributed by atoms with Crippen molar-refractivity contribution in [2.75, 3.05) is 13.2 Å². The summed E-state index contributed by atoms with van der Waals surface area (Å²) in [5.41, 5.74) is 0. The quantitative estimate of drug-likeness (QED) is 0.0262. The van der Waals surface area contributed by atoms with Gasteiger partial charge in [0.25, 0.3) is 0 Å². The first-order valence-corrected chi connectivity index (χ1v) is 27.8. The third kappa shape index (κ3) is 51.9. The van der Waals surface area contributed by atoms with E-state index in [9.17, 15) is 14.4 Å². The molecule has 6 nitrogen and oxygen atoms in total. The molecule has 0 aliphatic rings. The number of unbranched alkanes of at least 4 members (excludes halogenated alkanes) is 29. The van der Waals surface area contributed by atoms with Gasteiger partial charge in [0.1, 0.15) is 13.2 Å². The van der Waals surface area contributed by atoms with Gasteiger partial charge in [-0.25, -0.2) is 0 Å². The highest BCUT2D eigenvalue weighted by atomic mass is 16.6. The Bertz CT molecular complexity index is 1180. The highest BCUT2D eigenvalue weighted by Gasteiger charge is 2.19. The van der Waals surface area contributed by atoms with E-state index in [2.05, 4.69) is 81.5 Å². The van der Waals surface area contributed by atoms with Crippen molar-refractivity contribution in [1.82, 2.24) is 0 Å². The fraction of sp³-hybridized carbons (Fsp3) is 0.780. The Morgan fingerprint density at radius 2 is 0.569 bits per heavy atom. The molecule has 376 valence electrons. The summed E-state index contributed by atoms with van der Waals surface area (Å²) in [4.78, 5) is 38.1. The summed E-state index contributed by atoms with van der Waals surface area (Å²) >= 11 is 0. The van der Waals surface area contributed by atoms with Crippen molar-refractivity contribution in [1.29, 1.82) is 0 Å². The van der Waals surface area contributed by atoms with Crippen LogP contribution in [0.4, 0.5) is 0 Å². The van der Waals surface area contributed by atoms with E-state index >= 15 is 0 Å². The third-order valence-corrected chi connectivity index (χ3v) is 12.0. The molecule has 0 bridgehead atoms. The molecule has 0 unspecified atom stereocenters. The molecule has 0 amide bonds. The van der Waals surface area contributed by atoms with Crippen molar-refractivity contribution in [2.45, 2.75) is 284 Å². The molecule has 0 heterocycles. The Balaban J connectivity index is 4.46. The summed E-state index contributed by atoms with van der Waals surface area (Å²) in [6.07, 6.45) is 66.4. The van der Waals surface area contributed by atoms with Crippen molar-refractivity contribution in [3.8, 4) is 0 Å². The third-order valence-electron chi connectivity index (χ3n) is 12.0. The van der Waals surface area contributed by atoms with E-state index in [0.29, 0.717) is 19.3 Å². The maximum absolute atomic E-state index is 12.8. The fourth-order valence-corrected chi connectivity index (χ4v) is 7.78. The Kier molecular flexibility index (Phi) is 51.3. The van der Waals surface area contributed by atoms with Gasteiger partial charge >= 0.3 is 17.9 Å². The van der Waals surface area contributed by atoms with E-state index in [1.165, 1.54) is 154 Å². The predicted molar refractivity (Wildman–Crippen MR) is 279 cm³/mol. The van der Waals surface area contributed by atoms with E-state index in [-0.39, 0.29) is 37.5 Å². The lowest BCUT2D eigenvalue weighted by atomic mass is 10.0. The average Bonchev–Trinajstić information content (AvgIpc) is 3.30. The molecule has 0 aromatic heterocycles. The Hall–Kier alpha value is -2.89. The van der Waals surface area contributed by atoms with Crippen molar-refractivity contribution < 1.29 is 28.6 Å². The van der Waals surface area contributed by atoms with Gasteiger partial charge in [0.15, 0.2) is 6.10 Å². The smallest absolute Gasteiger partial charge is 0.306 e. The zero-order chi connectivity index (χ0) is 47.2. The molecule has 1 atom stereocenters. The van der Waals surface area contributed by atoms with Crippen LogP contribution in [0, 0.1) is 0 Å². The Labute approximate surface area is 402 Å². The number of ether oxygens (including phenoxy) is 3. The van der Waals surface area contributed by atoms with Gasteiger partial charge in [0.05, 0.1) is 0 Å². The van der Waals surface area contributed by atoms with E-state index < -0.39 is 6.10 Å². The highest BCUT2D eigenvalue weighted by molar-refractivity contribution is 5.71. The molecule has 0 saturated carbocycles. The molecule has 0 aliphatic carbocycles. The number of esters is 3. The maximum atomic E-state index is 12.8. The van der Waals surface area contributed by atoms with Crippen LogP contribution in [0.25, 0.3) is 0 Å². The second kappa shape index (κ2) is 53.7. The molecular formula is C59H104O6. The van der Waals surface area contributed by atoms with Gasteiger partial charge in [0.2, 0.25) is 0 Å². The average molecular weight is 909 g/mol. The van der Waals surface area contributed by atoms with Gasteiger partial charge < -0.3 is 14.2 Å². The second-order valence-corrected chi connectivity index (χ2v) is 18.5. The normalized spacial score (nSPS) is 12.5. The summed E-state index contributed by atoms with van der Waals surface area (Å²) in [5.74, 6) is -0.950. The molecule has 0 saturated heterocycles. The minimum Gasteiger partial charge on any atom is -0.462 e. The van der Waals surface area contributed by atoms with E-state index in [1.54, 1.807) is 0 Å². The van der Waals surface area contributed by atoms with Crippen LogP contribution >= 0.6 is 0 Å². The monoisotopic (exact) mass is 909 g/mol. The number of carbonyl (C=O) groups excluding carboxylic acids is 3. The van der Waals surface area contributed by atoms with Crippen molar-refractivity contribution in [3.63, 3.8) is 0 Å². The summed E-state index contributed by atoms with van der Waals surface area (Å²) in [7, 11) is 0. The lowest BCUT2D eigenvalue weighted by Crippen LogP contribution is -2.30. The van der Waals surface area contributed by atoms with Gasteiger partial charge in [-0.05, 0) is 83.5 Å². The van der Waals surface area contributed by atoms with Crippen LogP contribution in [-0.4, -0.2) is 37.2 Å². The molecule has 0 rings (SSSR count). The van der Waals surface area contributed by atoms with E-state index in [0.717, 1.165) is 77.0 Å². The number of hydrogen-bond donors (Lipinski definition) is 0. The molecule has 65 heavy (non-hydrogen) atoms. The Morgan fingerprint density at radius 1 is 0.308 bits per heavy atom. The SMILES string of the molecule is CCCCC/C=C\C/C=C\C/C=C\C/C=C\CCCC(=O)OC[C@@H](COC(=O)CCCCCCCCCCCCCCCC)OC(=O)CCCCCCC/C=C\CCCCCCCCC. The molecule has 0 aromatic carbocycles. The molecule has 0 aromatic rings. The van der Waals surface area contributed by atoms with Crippen LogP contribution < -0.4 is 0 Å². The highest BCUT2D eigenvalue weighted by Crippen LogP contribution is 2.15. The van der Waals surface area contributed by atoms with Gasteiger partial charge in [-0.15, -0.1) is 0 Å². The summed E-state index contributed by atoms with van der Waals surface area (Å²) in [6.45, 7) is 6.57. The number of hydrogen-bond acceptors (Lipinski definition) is 6. The molecule has 0 aliphatic heterocycles. The first-order chi connectivity index (χ1) is 32.0. The predicted octanol–water partition coefficient (Wildman–Crippen LogP) is 18.4.